The Balaban J connectivity index is 1.94. The van der Waals surface area contributed by atoms with Crippen molar-refractivity contribution < 1.29 is 4.79 Å². The minimum atomic E-state index is 0.0903. The van der Waals surface area contributed by atoms with E-state index in [9.17, 15) is 4.79 Å². The maximum Gasteiger partial charge on any atom is 0.258 e. The van der Waals surface area contributed by atoms with Gasteiger partial charge in [-0.25, -0.2) is 0 Å². The fourth-order valence-corrected chi connectivity index (χ4v) is 3.98. The molecule has 1 atom stereocenters. The fraction of sp³-hybridized carbons (Fsp3) is 0.350. The number of nitrogens with zero attached hydrogens (tertiary/aromatic N) is 2. The third kappa shape index (κ3) is 2.36. The summed E-state index contributed by atoms with van der Waals surface area (Å²) in [6, 6.07) is 16.6. The van der Waals surface area contributed by atoms with Gasteiger partial charge in [0.25, 0.3) is 5.91 Å². The molecule has 1 saturated heterocycles. The molecule has 1 unspecified atom stereocenters. The zero-order valence-corrected chi connectivity index (χ0v) is 13.5. The number of hydrogen-bond donors (Lipinski definition) is 0. The molecule has 3 heteroatoms. The van der Waals surface area contributed by atoms with E-state index < -0.39 is 0 Å². The van der Waals surface area contributed by atoms with Crippen LogP contribution >= 0.6 is 0 Å². The van der Waals surface area contributed by atoms with Gasteiger partial charge in [0.15, 0.2) is 0 Å². The summed E-state index contributed by atoms with van der Waals surface area (Å²) in [6.07, 6.45) is 3.79. The molecule has 0 spiro atoms. The number of hydrogen-bond acceptors (Lipinski definition) is 2. The number of benzene rings is 2. The van der Waals surface area contributed by atoms with Gasteiger partial charge in [-0.3, -0.25) is 9.69 Å². The highest BCUT2D eigenvalue weighted by Crippen LogP contribution is 2.40. The number of carbonyl (C=O) groups is 1. The van der Waals surface area contributed by atoms with E-state index in [2.05, 4.69) is 35.2 Å². The summed E-state index contributed by atoms with van der Waals surface area (Å²) >= 11 is 0. The van der Waals surface area contributed by atoms with Crippen LogP contribution in [0.3, 0.4) is 0 Å². The summed E-state index contributed by atoms with van der Waals surface area (Å²) in [6.45, 7) is 2.20. The van der Waals surface area contributed by atoms with E-state index in [1.165, 1.54) is 24.8 Å². The average molecular weight is 306 g/mol. The van der Waals surface area contributed by atoms with Gasteiger partial charge < -0.3 is 4.90 Å². The van der Waals surface area contributed by atoms with E-state index in [1.807, 2.05) is 25.2 Å². The second-order valence-corrected chi connectivity index (χ2v) is 6.51. The number of anilines is 1. The molecule has 118 valence electrons. The first-order valence-electron chi connectivity index (χ1n) is 8.47. The van der Waals surface area contributed by atoms with Crippen molar-refractivity contribution in [1.29, 1.82) is 0 Å². The number of piperidine rings is 1. The van der Waals surface area contributed by atoms with Crippen LogP contribution in [0, 0.1) is 0 Å². The standard InChI is InChI=1S/C20H22N2O/c1-21-18-12-6-5-11-17(18)19(22-13-7-2-8-14-22)15-9-3-4-10-16(15)20(21)23/h3-6,9-12,19H,2,7-8,13-14H2,1H3. The van der Waals surface area contributed by atoms with Crippen molar-refractivity contribution in [3.8, 4) is 0 Å². The van der Waals surface area contributed by atoms with Gasteiger partial charge in [0.2, 0.25) is 0 Å². The van der Waals surface area contributed by atoms with Gasteiger partial charge >= 0.3 is 0 Å². The van der Waals surface area contributed by atoms with E-state index in [-0.39, 0.29) is 11.9 Å². The minimum Gasteiger partial charge on any atom is -0.311 e. The Morgan fingerprint density at radius 2 is 1.52 bits per heavy atom. The Morgan fingerprint density at radius 1 is 0.870 bits per heavy atom. The van der Waals surface area contributed by atoms with Crippen LogP contribution < -0.4 is 4.90 Å². The number of fused-ring (bicyclic) bond motifs is 2. The topological polar surface area (TPSA) is 23.6 Å². The van der Waals surface area contributed by atoms with E-state index in [0.29, 0.717) is 0 Å². The molecule has 1 amide bonds. The summed E-state index contributed by atoms with van der Waals surface area (Å²) in [5.74, 6) is 0.0903. The summed E-state index contributed by atoms with van der Waals surface area (Å²) in [4.78, 5) is 17.3. The molecule has 2 aromatic carbocycles. The van der Waals surface area contributed by atoms with Crippen LogP contribution in [0.1, 0.15) is 46.8 Å². The highest BCUT2D eigenvalue weighted by Gasteiger charge is 2.34. The molecule has 0 N–H and O–H groups in total. The van der Waals surface area contributed by atoms with Crippen molar-refractivity contribution >= 4 is 11.6 Å². The SMILES string of the molecule is CN1C(=O)c2ccccc2C(N2CCCCC2)c2ccccc21. The zero-order valence-electron chi connectivity index (χ0n) is 13.5. The van der Waals surface area contributed by atoms with Crippen LogP contribution in [0.4, 0.5) is 5.69 Å². The Bertz CT molecular complexity index is 734. The predicted octanol–water partition coefficient (Wildman–Crippen LogP) is 3.85. The third-order valence-corrected chi connectivity index (χ3v) is 5.14. The van der Waals surface area contributed by atoms with Crippen LogP contribution in [0.15, 0.2) is 48.5 Å². The molecular formula is C20H22N2O. The lowest BCUT2D eigenvalue weighted by atomic mass is 9.92. The molecular weight excluding hydrogens is 284 g/mol. The molecule has 0 bridgehead atoms. The maximum absolute atomic E-state index is 12.9. The van der Waals surface area contributed by atoms with Crippen LogP contribution in [0.25, 0.3) is 0 Å². The lowest BCUT2D eigenvalue weighted by Gasteiger charge is -2.35. The molecule has 2 aliphatic heterocycles. The van der Waals surface area contributed by atoms with Crippen LogP contribution in [0.2, 0.25) is 0 Å². The van der Waals surface area contributed by atoms with Gasteiger partial charge in [0.05, 0.1) is 6.04 Å². The number of para-hydroxylation sites is 1. The highest BCUT2D eigenvalue weighted by atomic mass is 16.2. The van der Waals surface area contributed by atoms with Crippen molar-refractivity contribution in [2.45, 2.75) is 25.3 Å². The Kier molecular flexibility index (Phi) is 3.66. The molecule has 23 heavy (non-hydrogen) atoms. The third-order valence-electron chi connectivity index (χ3n) is 5.14. The normalized spacial score (nSPS) is 21.5. The van der Waals surface area contributed by atoms with Crippen LogP contribution in [-0.2, 0) is 0 Å². The Morgan fingerprint density at radius 3 is 2.30 bits per heavy atom. The summed E-state index contributed by atoms with van der Waals surface area (Å²) in [5.41, 5.74) is 4.26. The fourth-order valence-electron chi connectivity index (χ4n) is 3.98. The van der Waals surface area contributed by atoms with Crippen molar-refractivity contribution in [2.24, 2.45) is 0 Å². The van der Waals surface area contributed by atoms with Crippen molar-refractivity contribution in [1.82, 2.24) is 4.90 Å². The van der Waals surface area contributed by atoms with Gasteiger partial charge in [-0.15, -0.1) is 0 Å². The number of likely N-dealkylation sites (tertiary alicyclic amines) is 1. The molecule has 0 aromatic heterocycles. The second-order valence-electron chi connectivity index (χ2n) is 6.51. The second kappa shape index (κ2) is 5.82. The predicted molar refractivity (Wildman–Crippen MR) is 92.9 cm³/mol. The molecule has 0 radical (unpaired) electrons. The maximum atomic E-state index is 12.9. The van der Waals surface area contributed by atoms with Gasteiger partial charge in [0.1, 0.15) is 0 Å². The van der Waals surface area contributed by atoms with E-state index >= 15 is 0 Å². The summed E-state index contributed by atoms with van der Waals surface area (Å²) < 4.78 is 0. The molecule has 2 heterocycles. The van der Waals surface area contributed by atoms with Gasteiger partial charge in [-0.1, -0.05) is 42.8 Å². The Hall–Kier alpha value is -2.13. The number of rotatable bonds is 1. The lowest BCUT2D eigenvalue weighted by Crippen LogP contribution is -2.34. The molecule has 4 rings (SSSR count). The number of carbonyl (C=O) groups excluding carboxylic acids is 1. The quantitative estimate of drug-likeness (QED) is 0.799. The van der Waals surface area contributed by atoms with Gasteiger partial charge in [-0.05, 0) is 49.2 Å². The molecule has 0 aliphatic carbocycles. The monoisotopic (exact) mass is 306 g/mol. The number of amides is 1. The van der Waals surface area contributed by atoms with Crippen LogP contribution in [-0.4, -0.2) is 30.9 Å². The first kappa shape index (κ1) is 14.5. The highest BCUT2D eigenvalue weighted by molar-refractivity contribution is 6.08. The van der Waals surface area contributed by atoms with E-state index in [4.69, 9.17) is 0 Å². The zero-order chi connectivity index (χ0) is 15.8. The average Bonchev–Trinajstić information content (AvgIpc) is 2.71. The molecule has 2 aromatic rings. The Labute approximate surface area is 137 Å². The van der Waals surface area contributed by atoms with Crippen molar-refractivity contribution in [3.63, 3.8) is 0 Å². The largest absolute Gasteiger partial charge is 0.311 e. The van der Waals surface area contributed by atoms with Crippen molar-refractivity contribution in [3.05, 3.63) is 65.2 Å². The minimum absolute atomic E-state index is 0.0903. The molecule has 0 saturated carbocycles. The summed E-state index contributed by atoms with van der Waals surface area (Å²) in [7, 11) is 1.89. The lowest BCUT2D eigenvalue weighted by molar-refractivity contribution is 0.0992. The smallest absolute Gasteiger partial charge is 0.258 e. The van der Waals surface area contributed by atoms with Crippen molar-refractivity contribution in [2.75, 3.05) is 25.0 Å². The molecule has 1 fully saturated rings. The first-order valence-corrected chi connectivity index (χ1v) is 8.47. The van der Waals surface area contributed by atoms with Crippen LogP contribution in [0.5, 0.6) is 0 Å². The summed E-state index contributed by atoms with van der Waals surface area (Å²) in [5, 5.41) is 0. The van der Waals surface area contributed by atoms with E-state index in [1.54, 1.807) is 4.90 Å². The molecule has 2 aliphatic rings. The first-order chi connectivity index (χ1) is 11.3. The molecule has 3 nitrogen and oxygen atoms in total. The van der Waals surface area contributed by atoms with E-state index in [0.717, 1.165) is 29.9 Å². The van der Waals surface area contributed by atoms with Gasteiger partial charge in [0, 0.05) is 18.3 Å². The van der Waals surface area contributed by atoms with Gasteiger partial charge in [-0.2, -0.15) is 0 Å².